The van der Waals surface area contributed by atoms with E-state index in [9.17, 15) is 14.0 Å². The minimum absolute atomic E-state index is 0.155. The van der Waals surface area contributed by atoms with Crippen LogP contribution in [0.25, 0.3) is 0 Å². The van der Waals surface area contributed by atoms with E-state index in [0.717, 1.165) is 18.7 Å². The van der Waals surface area contributed by atoms with Crippen molar-refractivity contribution >= 4 is 40.7 Å². The van der Waals surface area contributed by atoms with Crippen LogP contribution in [0.3, 0.4) is 0 Å². The molecule has 154 valence electrons. The fourth-order valence-electron chi connectivity index (χ4n) is 3.34. The molecule has 1 heterocycles. The third-order valence-corrected chi connectivity index (χ3v) is 5.73. The van der Waals surface area contributed by atoms with Crippen LogP contribution in [0.2, 0.25) is 10.0 Å². The Kier molecular flexibility index (Phi) is 6.98. The van der Waals surface area contributed by atoms with Crippen molar-refractivity contribution < 1.29 is 14.0 Å². The van der Waals surface area contributed by atoms with E-state index in [0.29, 0.717) is 19.6 Å². The summed E-state index contributed by atoms with van der Waals surface area (Å²) in [5.41, 5.74) is 1.16. The van der Waals surface area contributed by atoms with E-state index in [4.69, 9.17) is 23.2 Å². The summed E-state index contributed by atoms with van der Waals surface area (Å²) in [6.45, 7) is 4.18. The third-order valence-electron chi connectivity index (χ3n) is 4.91. The number of amides is 2. The van der Waals surface area contributed by atoms with Gasteiger partial charge in [-0.1, -0.05) is 29.3 Å². The Bertz CT molecular complexity index is 892. The van der Waals surface area contributed by atoms with Gasteiger partial charge in [-0.25, -0.2) is 4.39 Å². The monoisotopic (exact) mass is 437 g/mol. The largest absolute Gasteiger partial charge is 0.370 e. The lowest BCUT2D eigenvalue weighted by Crippen LogP contribution is -2.48. The minimum atomic E-state index is -0.699. The molecule has 1 unspecified atom stereocenters. The number of benzene rings is 2. The Balaban J connectivity index is 1.60. The second kappa shape index (κ2) is 9.46. The number of hydrogen-bond acceptors (Lipinski definition) is 3. The maximum Gasteiger partial charge on any atom is 0.253 e. The molecule has 0 radical (unpaired) electrons. The Morgan fingerprint density at radius 1 is 1.03 bits per heavy atom. The minimum Gasteiger partial charge on any atom is -0.370 e. The van der Waals surface area contributed by atoms with E-state index in [1.165, 1.54) is 12.1 Å². The summed E-state index contributed by atoms with van der Waals surface area (Å²) in [5.74, 6) is -0.872. The van der Waals surface area contributed by atoms with Gasteiger partial charge in [0.25, 0.3) is 5.91 Å². The summed E-state index contributed by atoms with van der Waals surface area (Å²) in [7, 11) is 0. The molecule has 2 amide bonds. The molecule has 1 saturated heterocycles. The van der Waals surface area contributed by atoms with Crippen LogP contribution in [0, 0.1) is 5.82 Å². The van der Waals surface area contributed by atoms with E-state index in [1.807, 2.05) is 0 Å². The molecule has 2 aromatic carbocycles. The number of carbonyl (C=O) groups is 2. The topological polar surface area (TPSA) is 52.7 Å². The molecular weight excluding hydrogens is 416 g/mol. The zero-order valence-electron chi connectivity index (χ0n) is 16.0. The Morgan fingerprint density at radius 3 is 2.48 bits per heavy atom. The molecule has 1 fully saturated rings. The molecule has 5 nitrogen and oxygen atoms in total. The number of anilines is 1. The highest BCUT2D eigenvalue weighted by molar-refractivity contribution is 6.43. The van der Waals surface area contributed by atoms with Crippen LogP contribution in [-0.2, 0) is 4.79 Å². The Morgan fingerprint density at radius 2 is 1.76 bits per heavy atom. The molecule has 0 aromatic heterocycles. The maximum absolute atomic E-state index is 13.1. The molecule has 0 saturated carbocycles. The number of hydrogen-bond donors (Lipinski definition) is 1. The number of rotatable bonds is 4. The van der Waals surface area contributed by atoms with Crippen LogP contribution >= 0.6 is 23.2 Å². The average molecular weight is 438 g/mol. The van der Waals surface area contributed by atoms with Gasteiger partial charge in [0, 0.05) is 31.9 Å². The fraction of sp³-hybridized carbons (Fsp3) is 0.333. The van der Waals surface area contributed by atoms with Gasteiger partial charge in [-0.05, 0) is 49.7 Å². The van der Waals surface area contributed by atoms with E-state index < -0.39 is 11.9 Å². The van der Waals surface area contributed by atoms with Gasteiger partial charge in [0.15, 0.2) is 0 Å². The van der Waals surface area contributed by atoms with Crippen molar-refractivity contribution in [2.75, 3.05) is 31.1 Å². The summed E-state index contributed by atoms with van der Waals surface area (Å²) in [6.07, 6.45) is 0.782. The van der Waals surface area contributed by atoms with Crippen LogP contribution in [0.15, 0.2) is 42.5 Å². The van der Waals surface area contributed by atoms with E-state index >= 15 is 0 Å². The highest BCUT2D eigenvalue weighted by Gasteiger charge is 2.25. The lowest BCUT2D eigenvalue weighted by Gasteiger charge is -2.26. The zero-order valence-corrected chi connectivity index (χ0v) is 17.5. The van der Waals surface area contributed by atoms with Crippen molar-refractivity contribution in [1.29, 1.82) is 0 Å². The summed E-state index contributed by atoms with van der Waals surface area (Å²) in [6, 6.07) is 10.4. The number of halogens is 3. The van der Waals surface area contributed by atoms with Crippen LogP contribution in [-0.4, -0.2) is 48.9 Å². The third kappa shape index (κ3) is 5.19. The van der Waals surface area contributed by atoms with E-state index in [2.05, 4.69) is 10.2 Å². The lowest BCUT2D eigenvalue weighted by atomic mass is 10.2. The van der Waals surface area contributed by atoms with Gasteiger partial charge < -0.3 is 15.1 Å². The summed E-state index contributed by atoms with van der Waals surface area (Å²) < 4.78 is 13.1. The molecule has 1 aliphatic heterocycles. The van der Waals surface area contributed by atoms with E-state index in [1.54, 1.807) is 42.2 Å². The van der Waals surface area contributed by atoms with Crippen LogP contribution in [0.4, 0.5) is 10.1 Å². The highest BCUT2D eigenvalue weighted by atomic mass is 35.5. The first kappa shape index (κ1) is 21.4. The molecule has 1 aliphatic rings. The molecule has 0 bridgehead atoms. The predicted molar refractivity (Wildman–Crippen MR) is 113 cm³/mol. The molecule has 0 aliphatic carbocycles. The summed E-state index contributed by atoms with van der Waals surface area (Å²) in [4.78, 5) is 29.2. The van der Waals surface area contributed by atoms with Gasteiger partial charge in [-0.3, -0.25) is 9.59 Å². The van der Waals surface area contributed by atoms with Crippen molar-refractivity contribution in [1.82, 2.24) is 10.2 Å². The van der Waals surface area contributed by atoms with Gasteiger partial charge in [-0.2, -0.15) is 0 Å². The predicted octanol–water partition coefficient (Wildman–Crippen LogP) is 3.99. The summed E-state index contributed by atoms with van der Waals surface area (Å²) >= 11 is 12.0. The van der Waals surface area contributed by atoms with Crippen LogP contribution < -0.4 is 10.2 Å². The first-order valence-corrected chi connectivity index (χ1v) is 10.2. The quantitative estimate of drug-likeness (QED) is 0.786. The molecule has 29 heavy (non-hydrogen) atoms. The molecule has 0 spiro atoms. The standard InChI is InChI=1S/C21H22Cl2FN3O2/c1-14(25-20(28)17-4-2-5-18(22)19(17)23)21(29)27-11-3-10-26(12-13-27)16-8-6-15(24)7-9-16/h2,4-9,14H,3,10-13H2,1H3,(H,25,28). The second-order valence-electron chi connectivity index (χ2n) is 6.94. The average Bonchev–Trinajstić information content (AvgIpc) is 2.96. The number of nitrogens with zero attached hydrogens (tertiary/aromatic N) is 2. The van der Waals surface area contributed by atoms with Crippen molar-refractivity contribution in [3.63, 3.8) is 0 Å². The van der Waals surface area contributed by atoms with Crippen molar-refractivity contribution in [3.05, 3.63) is 63.9 Å². The van der Waals surface area contributed by atoms with Crippen LogP contribution in [0.1, 0.15) is 23.7 Å². The molecule has 1 N–H and O–H groups in total. The Labute approximate surface area is 179 Å². The number of carbonyl (C=O) groups excluding carboxylic acids is 2. The molecular formula is C21H22Cl2FN3O2. The van der Waals surface area contributed by atoms with Gasteiger partial charge in [0.05, 0.1) is 15.6 Å². The van der Waals surface area contributed by atoms with Gasteiger partial charge in [0.1, 0.15) is 11.9 Å². The SMILES string of the molecule is CC(NC(=O)c1cccc(Cl)c1Cl)C(=O)N1CCCN(c2ccc(F)cc2)CC1. The smallest absolute Gasteiger partial charge is 0.253 e. The van der Waals surface area contributed by atoms with Crippen molar-refractivity contribution in [3.8, 4) is 0 Å². The first-order valence-electron chi connectivity index (χ1n) is 9.41. The molecule has 3 rings (SSSR count). The highest BCUT2D eigenvalue weighted by Crippen LogP contribution is 2.25. The molecule has 1 atom stereocenters. The molecule has 8 heteroatoms. The Hall–Kier alpha value is -2.31. The number of nitrogens with one attached hydrogen (secondary N) is 1. The van der Waals surface area contributed by atoms with Crippen molar-refractivity contribution in [2.45, 2.75) is 19.4 Å². The first-order chi connectivity index (χ1) is 13.9. The van der Waals surface area contributed by atoms with Gasteiger partial charge in [0.2, 0.25) is 5.91 Å². The summed E-state index contributed by atoms with van der Waals surface area (Å²) in [5, 5.41) is 3.15. The zero-order chi connectivity index (χ0) is 21.0. The van der Waals surface area contributed by atoms with Crippen LogP contribution in [0.5, 0.6) is 0 Å². The lowest BCUT2D eigenvalue weighted by molar-refractivity contribution is -0.132. The molecule has 2 aromatic rings. The maximum atomic E-state index is 13.1. The van der Waals surface area contributed by atoms with E-state index in [-0.39, 0.29) is 27.3 Å². The van der Waals surface area contributed by atoms with Crippen molar-refractivity contribution in [2.24, 2.45) is 0 Å². The second-order valence-corrected chi connectivity index (χ2v) is 7.72. The van der Waals surface area contributed by atoms with Gasteiger partial charge >= 0.3 is 0 Å². The fourth-order valence-corrected chi connectivity index (χ4v) is 3.72. The van der Waals surface area contributed by atoms with Gasteiger partial charge in [-0.15, -0.1) is 0 Å². The normalized spacial score (nSPS) is 15.6.